The first-order chi connectivity index (χ1) is 9.86. The molecule has 0 aromatic heterocycles. The van der Waals surface area contributed by atoms with E-state index in [-0.39, 0.29) is 5.75 Å². The van der Waals surface area contributed by atoms with Gasteiger partial charge in [0.1, 0.15) is 0 Å². The normalized spacial score (nSPS) is 28.2. The van der Waals surface area contributed by atoms with Crippen LogP contribution in [-0.2, 0) is 9.84 Å². The van der Waals surface area contributed by atoms with Crippen LogP contribution >= 0.6 is 0 Å². The van der Waals surface area contributed by atoms with E-state index in [0.29, 0.717) is 25.2 Å². The number of sulfone groups is 1. The summed E-state index contributed by atoms with van der Waals surface area (Å²) in [6.45, 7) is 4.05. The third-order valence-corrected chi connectivity index (χ3v) is 7.06. The molecule has 1 N–H and O–H groups in total. The average Bonchev–Trinajstić information content (AvgIpc) is 2.43. The number of hydrogen-bond donors (Lipinski definition) is 1. The monoisotopic (exact) mass is 310 g/mol. The Hall–Kier alpha value is -0.870. The summed E-state index contributed by atoms with van der Waals surface area (Å²) in [4.78, 5) is 0. The highest BCUT2D eigenvalue weighted by molar-refractivity contribution is 7.91. The summed E-state index contributed by atoms with van der Waals surface area (Å²) < 4.78 is 25.5. The number of hydrogen-bond acceptors (Lipinski definition) is 3. The summed E-state index contributed by atoms with van der Waals surface area (Å²) in [7, 11) is -3.35. The van der Waals surface area contributed by atoms with Crippen LogP contribution in [-0.4, -0.2) is 24.9 Å². The Kier molecular flexibility index (Phi) is 5.10. The smallest absolute Gasteiger partial charge is 0.160 e. The van der Waals surface area contributed by atoms with Gasteiger partial charge in [-0.05, 0) is 43.6 Å². The number of aliphatic hydroxyl groups is 1. The largest absolute Gasteiger partial charge is 0.389 e. The SMILES string of the molecule is CCC(c1ccccc1)S(=O)(=O)CC1(O)CCC(C)CC1. The van der Waals surface area contributed by atoms with E-state index in [2.05, 4.69) is 6.92 Å². The molecule has 4 heteroatoms. The third kappa shape index (κ3) is 4.07. The highest BCUT2D eigenvalue weighted by Gasteiger charge is 2.39. The fraction of sp³-hybridized carbons (Fsp3) is 0.647. The van der Waals surface area contributed by atoms with Crippen molar-refractivity contribution in [2.75, 3.05) is 5.75 Å². The van der Waals surface area contributed by atoms with Crippen LogP contribution in [0.2, 0.25) is 0 Å². The predicted octanol–water partition coefficient (Wildman–Crippen LogP) is 3.49. The molecule has 0 aliphatic heterocycles. The Bertz CT molecular complexity index is 543. The van der Waals surface area contributed by atoms with E-state index < -0.39 is 20.7 Å². The highest BCUT2D eigenvalue weighted by atomic mass is 32.2. The van der Waals surface area contributed by atoms with E-state index in [4.69, 9.17) is 0 Å². The maximum atomic E-state index is 12.8. The van der Waals surface area contributed by atoms with Crippen LogP contribution in [0.1, 0.15) is 56.8 Å². The molecule has 3 nitrogen and oxygen atoms in total. The molecule has 0 amide bonds. The standard InChI is InChI=1S/C17H26O3S/c1-3-16(15-7-5-4-6-8-15)21(19,20)13-17(18)11-9-14(2)10-12-17/h4-8,14,16,18H,3,9-13H2,1-2H3. The van der Waals surface area contributed by atoms with E-state index in [9.17, 15) is 13.5 Å². The van der Waals surface area contributed by atoms with E-state index in [1.807, 2.05) is 37.3 Å². The zero-order valence-electron chi connectivity index (χ0n) is 13.0. The number of benzene rings is 1. The zero-order chi connectivity index (χ0) is 15.5. The second-order valence-electron chi connectivity index (χ2n) is 6.52. The fourth-order valence-electron chi connectivity index (χ4n) is 3.28. The van der Waals surface area contributed by atoms with Gasteiger partial charge in [0.15, 0.2) is 9.84 Å². The minimum Gasteiger partial charge on any atom is -0.389 e. The van der Waals surface area contributed by atoms with Crippen molar-refractivity contribution in [1.82, 2.24) is 0 Å². The van der Waals surface area contributed by atoms with Crippen LogP contribution in [0, 0.1) is 5.92 Å². The lowest BCUT2D eigenvalue weighted by Crippen LogP contribution is -2.41. The van der Waals surface area contributed by atoms with Crippen LogP contribution in [0.25, 0.3) is 0 Å². The molecular formula is C17H26O3S. The minimum atomic E-state index is -3.35. The molecule has 1 aromatic rings. The maximum Gasteiger partial charge on any atom is 0.160 e. The van der Waals surface area contributed by atoms with Gasteiger partial charge in [0.25, 0.3) is 0 Å². The van der Waals surface area contributed by atoms with Gasteiger partial charge in [0.2, 0.25) is 0 Å². The average molecular weight is 310 g/mol. The van der Waals surface area contributed by atoms with Crippen molar-refractivity contribution >= 4 is 9.84 Å². The molecule has 1 aromatic carbocycles. The van der Waals surface area contributed by atoms with E-state index in [0.717, 1.165) is 18.4 Å². The molecule has 1 fully saturated rings. The quantitative estimate of drug-likeness (QED) is 0.905. The van der Waals surface area contributed by atoms with Crippen LogP contribution in [0.4, 0.5) is 0 Å². The Morgan fingerprint density at radius 2 is 1.81 bits per heavy atom. The van der Waals surface area contributed by atoms with Crippen LogP contribution in [0.15, 0.2) is 30.3 Å². The first-order valence-corrected chi connectivity index (χ1v) is 9.57. The van der Waals surface area contributed by atoms with Crippen molar-refractivity contribution in [3.05, 3.63) is 35.9 Å². The van der Waals surface area contributed by atoms with E-state index in [1.165, 1.54) is 0 Å². The molecule has 1 aliphatic rings. The van der Waals surface area contributed by atoms with Crippen LogP contribution < -0.4 is 0 Å². The predicted molar refractivity (Wildman–Crippen MR) is 85.8 cm³/mol. The lowest BCUT2D eigenvalue weighted by atomic mass is 9.81. The lowest BCUT2D eigenvalue weighted by molar-refractivity contribution is 0.0134. The Balaban J connectivity index is 2.17. The van der Waals surface area contributed by atoms with Gasteiger partial charge in [-0.25, -0.2) is 8.42 Å². The first kappa shape index (κ1) is 16.5. The van der Waals surface area contributed by atoms with Crippen molar-refractivity contribution in [1.29, 1.82) is 0 Å². The maximum absolute atomic E-state index is 12.8. The van der Waals surface area contributed by atoms with Crippen LogP contribution in [0.3, 0.4) is 0 Å². The summed E-state index contributed by atoms with van der Waals surface area (Å²) in [5.41, 5.74) is -0.208. The summed E-state index contributed by atoms with van der Waals surface area (Å²) in [5.74, 6) is 0.476. The first-order valence-electron chi connectivity index (χ1n) is 7.85. The van der Waals surface area contributed by atoms with Crippen molar-refractivity contribution in [2.24, 2.45) is 5.92 Å². The zero-order valence-corrected chi connectivity index (χ0v) is 13.8. The molecule has 0 heterocycles. The van der Waals surface area contributed by atoms with Crippen LogP contribution in [0.5, 0.6) is 0 Å². The van der Waals surface area contributed by atoms with Gasteiger partial charge in [-0.3, -0.25) is 0 Å². The summed E-state index contributed by atoms with van der Waals surface area (Å²) in [6.07, 6.45) is 3.55. The van der Waals surface area contributed by atoms with Crippen molar-refractivity contribution in [2.45, 2.75) is 56.8 Å². The fourth-order valence-corrected chi connectivity index (χ4v) is 5.60. The minimum absolute atomic E-state index is 0.111. The third-order valence-electron chi connectivity index (χ3n) is 4.65. The van der Waals surface area contributed by atoms with Gasteiger partial charge in [-0.2, -0.15) is 0 Å². The molecule has 21 heavy (non-hydrogen) atoms. The Morgan fingerprint density at radius 1 is 1.24 bits per heavy atom. The molecule has 1 saturated carbocycles. The summed E-state index contributed by atoms with van der Waals surface area (Å²) in [5, 5.41) is 10.1. The summed E-state index contributed by atoms with van der Waals surface area (Å²) in [6, 6.07) is 9.34. The highest BCUT2D eigenvalue weighted by Crippen LogP contribution is 2.36. The van der Waals surface area contributed by atoms with Crippen molar-refractivity contribution in [3.8, 4) is 0 Å². The van der Waals surface area contributed by atoms with Gasteiger partial charge >= 0.3 is 0 Å². The second-order valence-corrected chi connectivity index (χ2v) is 8.71. The van der Waals surface area contributed by atoms with Gasteiger partial charge in [-0.1, -0.05) is 44.2 Å². The van der Waals surface area contributed by atoms with Gasteiger partial charge in [-0.15, -0.1) is 0 Å². The Labute approximate surface area is 128 Å². The lowest BCUT2D eigenvalue weighted by Gasteiger charge is -2.35. The van der Waals surface area contributed by atoms with Gasteiger partial charge in [0, 0.05) is 0 Å². The molecule has 118 valence electrons. The molecule has 0 saturated heterocycles. The molecule has 0 bridgehead atoms. The van der Waals surface area contributed by atoms with Crippen molar-refractivity contribution < 1.29 is 13.5 Å². The molecule has 0 spiro atoms. The second kappa shape index (κ2) is 6.49. The molecule has 1 atom stereocenters. The topological polar surface area (TPSA) is 54.4 Å². The van der Waals surface area contributed by atoms with E-state index >= 15 is 0 Å². The molecule has 1 aliphatic carbocycles. The molecular weight excluding hydrogens is 284 g/mol. The number of rotatable bonds is 5. The summed E-state index contributed by atoms with van der Waals surface area (Å²) >= 11 is 0. The van der Waals surface area contributed by atoms with Gasteiger partial charge < -0.3 is 5.11 Å². The van der Waals surface area contributed by atoms with E-state index in [1.54, 1.807) is 0 Å². The molecule has 2 rings (SSSR count). The molecule has 0 radical (unpaired) electrons. The Morgan fingerprint density at radius 3 is 2.33 bits per heavy atom. The van der Waals surface area contributed by atoms with Crippen molar-refractivity contribution in [3.63, 3.8) is 0 Å². The molecule has 1 unspecified atom stereocenters. The van der Waals surface area contributed by atoms with Gasteiger partial charge in [0.05, 0.1) is 16.6 Å².